The van der Waals surface area contributed by atoms with E-state index in [-0.39, 0.29) is 24.1 Å². The summed E-state index contributed by atoms with van der Waals surface area (Å²) < 4.78 is 30.3. The number of halogens is 1. The van der Waals surface area contributed by atoms with E-state index < -0.39 is 19.2 Å². The molecule has 1 unspecified atom stereocenters. The fraction of sp³-hybridized carbons (Fsp3) is 0.0610. The first-order chi connectivity index (χ1) is 48.3. The van der Waals surface area contributed by atoms with Crippen LogP contribution in [-0.4, -0.2) is 70.2 Å². The molecule has 492 valence electrons. The number of carbonyl (C=O) groups excluding carboxylic acids is 3. The van der Waals surface area contributed by atoms with Crippen LogP contribution in [-0.2, 0) is 31.3 Å². The molecule has 0 saturated heterocycles. The third kappa shape index (κ3) is 14.9. The number of hydrogen-bond acceptors (Lipinski definition) is 7. The van der Waals surface area contributed by atoms with Crippen LogP contribution >= 0.6 is 19.2 Å². The minimum absolute atomic E-state index is 0.0795. The molecule has 0 fully saturated rings. The zero-order valence-electron chi connectivity index (χ0n) is 53.9. The van der Waals surface area contributed by atoms with Gasteiger partial charge in [-0.3, -0.25) is 9.36 Å². The number of H-pyrrole nitrogens is 1. The van der Waals surface area contributed by atoms with Crippen molar-refractivity contribution in [2.75, 3.05) is 19.5 Å². The van der Waals surface area contributed by atoms with Gasteiger partial charge in [0.1, 0.15) is 0 Å². The van der Waals surface area contributed by atoms with Gasteiger partial charge in [-0.2, -0.15) is 0 Å². The predicted octanol–water partition coefficient (Wildman–Crippen LogP) is 18.5. The van der Waals surface area contributed by atoms with Gasteiger partial charge in [0.25, 0.3) is 0 Å². The summed E-state index contributed by atoms with van der Waals surface area (Å²) in [7, 11) is -2.05. The van der Waals surface area contributed by atoms with E-state index in [0.717, 1.165) is 71.6 Å². The lowest BCUT2D eigenvalue weighted by molar-refractivity contribution is -0.116. The maximum Gasteiger partial charge on any atom is 0.342 e. The van der Waals surface area contributed by atoms with Crippen molar-refractivity contribution < 1.29 is 43.3 Å². The Hall–Kier alpha value is -11.8. The van der Waals surface area contributed by atoms with Gasteiger partial charge in [0.05, 0.1) is 54.0 Å². The van der Waals surface area contributed by atoms with Gasteiger partial charge < -0.3 is 52.9 Å². The van der Waals surface area contributed by atoms with Crippen LogP contribution in [0.4, 0.5) is 5.69 Å². The number of aliphatic hydroxyl groups excluding tert-OH is 1. The Morgan fingerprint density at radius 2 is 0.859 bits per heavy atom. The zero-order chi connectivity index (χ0) is 68.8. The van der Waals surface area contributed by atoms with Gasteiger partial charge in [-0.05, 0) is 161 Å². The number of carbonyl (C=O) groups is 3. The summed E-state index contributed by atoms with van der Waals surface area (Å²) in [5.41, 5.74) is 11.8. The Kier molecular flexibility index (Phi) is 21.0. The number of methoxy groups -OCH3 is 2. The highest BCUT2D eigenvalue weighted by molar-refractivity contribution is 7.53. The number of benzene rings is 11. The number of alkyl halides is 1. The molecule has 16 aromatic rings. The number of rotatable bonds is 12. The van der Waals surface area contributed by atoms with Gasteiger partial charge in [-0.1, -0.05) is 152 Å². The molecule has 5 aromatic heterocycles. The molecule has 1 amide bonds. The first kappa shape index (κ1) is 67.2. The third-order valence-electron chi connectivity index (χ3n) is 16.9. The summed E-state index contributed by atoms with van der Waals surface area (Å²) in [4.78, 5) is 59.6. The minimum Gasteiger partial charge on any atom is -0.465 e. The second kappa shape index (κ2) is 30.9. The molecule has 16 rings (SSSR count). The maximum absolute atomic E-state index is 13.2. The van der Waals surface area contributed by atoms with Gasteiger partial charge in [-0.25, -0.2) is 9.59 Å². The molecule has 0 aliphatic rings. The largest absolute Gasteiger partial charge is 0.465 e. The SMILES string of the molecule is COC(=O)c1cccc2[nH]ccc12.COC(=O)c1cccc2c1ccn2-c1ccccc1.ClCc1cccc2c1ccn2-c1ccccc1.O=C(Nc1ccc2ccccc2c1)C(c1cccc2c1ccn2-c1ccccc1)P(=O)(O)O.OCc1cccc2c1ccn2-c1ccccc1. The number of esters is 2. The molecule has 15 nitrogen and oxygen atoms in total. The molecule has 5 heterocycles. The molecule has 0 aliphatic heterocycles. The molecular formula is C82H68ClN6O9P. The van der Waals surface area contributed by atoms with Crippen LogP contribution in [0.15, 0.2) is 316 Å². The van der Waals surface area contributed by atoms with Crippen molar-refractivity contribution in [3.8, 4) is 22.7 Å². The van der Waals surface area contributed by atoms with Gasteiger partial charge in [-0.15, -0.1) is 11.6 Å². The highest BCUT2D eigenvalue weighted by atomic mass is 35.5. The summed E-state index contributed by atoms with van der Waals surface area (Å²) in [6, 6.07) is 91.6. The maximum atomic E-state index is 13.2. The molecule has 11 aromatic carbocycles. The minimum atomic E-state index is -4.83. The van der Waals surface area contributed by atoms with Crippen LogP contribution in [0.1, 0.15) is 43.1 Å². The Balaban J connectivity index is 0.000000123. The van der Waals surface area contributed by atoms with Gasteiger partial charge >= 0.3 is 19.5 Å². The summed E-state index contributed by atoms with van der Waals surface area (Å²) in [5.74, 6) is -0.809. The van der Waals surface area contributed by atoms with Gasteiger partial charge in [0, 0.05) is 97.7 Å². The van der Waals surface area contributed by atoms with Gasteiger partial charge in [0.15, 0.2) is 5.66 Å². The molecule has 0 bridgehead atoms. The van der Waals surface area contributed by atoms with E-state index >= 15 is 0 Å². The van der Waals surface area contributed by atoms with Crippen molar-refractivity contribution in [3.05, 3.63) is 344 Å². The van der Waals surface area contributed by atoms with E-state index in [4.69, 9.17) is 16.3 Å². The highest BCUT2D eigenvalue weighted by Crippen LogP contribution is 2.54. The van der Waals surface area contributed by atoms with Crippen LogP contribution in [0.5, 0.6) is 0 Å². The van der Waals surface area contributed by atoms with E-state index in [2.05, 4.69) is 89.5 Å². The normalized spacial score (nSPS) is 11.3. The number of hydrogen-bond donors (Lipinski definition) is 5. The molecule has 17 heteroatoms. The number of ether oxygens (including phenoxy) is 2. The van der Waals surface area contributed by atoms with E-state index in [1.54, 1.807) is 48.7 Å². The number of aromatic nitrogens is 5. The fourth-order valence-corrected chi connectivity index (χ4v) is 13.4. The second-order valence-electron chi connectivity index (χ2n) is 22.9. The lowest BCUT2D eigenvalue weighted by Crippen LogP contribution is -2.21. The van der Waals surface area contributed by atoms with Crippen LogP contribution in [0.25, 0.3) is 88.0 Å². The molecular weight excluding hydrogens is 1280 g/mol. The van der Waals surface area contributed by atoms with Gasteiger partial charge in [0.2, 0.25) is 5.91 Å². The van der Waals surface area contributed by atoms with Crippen molar-refractivity contribution in [1.82, 2.24) is 23.3 Å². The molecule has 0 spiro atoms. The number of nitrogens with one attached hydrogen (secondary N) is 2. The number of anilines is 1. The van der Waals surface area contributed by atoms with Crippen molar-refractivity contribution >= 4 is 108 Å². The van der Waals surface area contributed by atoms with Crippen LogP contribution in [0, 0.1) is 0 Å². The number of nitrogens with zero attached hydrogens (tertiary/aromatic N) is 4. The van der Waals surface area contributed by atoms with Crippen molar-refractivity contribution in [1.29, 1.82) is 0 Å². The average Bonchev–Trinajstić information content (AvgIpc) is 1.93. The molecule has 0 saturated carbocycles. The summed E-state index contributed by atoms with van der Waals surface area (Å²) in [6.07, 6.45) is 9.74. The smallest absolute Gasteiger partial charge is 0.342 e. The topological polar surface area (TPSA) is 195 Å². The highest BCUT2D eigenvalue weighted by Gasteiger charge is 2.39. The van der Waals surface area contributed by atoms with Crippen LogP contribution < -0.4 is 5.32 Å². The molecule has 0 aliphatic carbocycles. The number of aliphatic hydroxyl groups is 1. The second-order valence-corrected chi connectivity index (χ2v) is 24.8. The van der Waals surface area contributed by atoms with E-state index in [9.17, 15) is 33.8 Å². The summed E-state index contributed by atoms with van der Waals surface area (Å²) in [6.45, 7) is 0.0795. The molecule has 5 N–H and O–H groups in total. The Morgan fingerprint density at radius 3 is 1.35 bits per heavy atom. The van der Waals surface area contributed by atoms with Crippen LogP contribution in [0.3, 0.4) is 0 Å². The predicted molar refractivity (Wildman–Crippen MR) is 397 cm³/mol. The summed E-state index contributed by atoms with van der Waals surface area (Å²) >= 11 is 5.95. The molecule has 1 atom stereocenters. The third-order valence-corrected chi connectivity index (χ3v) is 18.4. The first-order valence-electron chi connectivity index (χ1n) is 31.7. The quantitative estimate of drug-likeness (QED) is 0.0449. The zero-order valence-corrected chi connectivity index (χ0v) is 55.6. The van der Waals surface area contributed by atoms with E-state index in [1.807, 2.05) is 211 Å². The Labute approximate surface area is 575 Å². The Bertz CT molecular complexity index is 5390. The number of para-hydroxylation sites is 4. The Morgan fingerprint density at radius 1 is 0.444 bits per heavy atom. The van der Waals surface area contributed by atoms with Crippen molar-refractivity contribution in [2.45, 2.75) is 18.1 Å². The number of amides is 1. The molecule has 99 heavy (non-hydrogen) atoms. The van der Waals surface area contributed by atoms with Crippen molar-refractivity contribution in [2.24, 2.45) is 0 Å². The fourth-order valence-electron chi connectivity index (χ4n) is 12.2. The van der Waals surface area contributed by atoms with Crippen LogP contribution in [0.2, 0.25) is 0 Å². The monoisotopic (exact) mass is 1350 g/mol. The lowest BCUT2D eigenvalue weighted by atomic mass is 10.1. The molecule has 0 radical (unpaired) electrons. The van der Waals surface area contributed by atoms with Crippen molar-refractivity contribution in [3.63, 3.8) is 0 Å². The average molecular weight is 1350 g/mol. The summed E-state index contributed by atoms with van der Waals surface area (Å²) in [5, 5.41) is 18.7. The standard InChI is InChI=1S/C26H21N2O4P.C16H13NO2.C15H12ClN.C15H13NO.C10H9NO2/c29-26(27-20-14-13-18-7-4-5-8-19(18)17-20)25(33(30,31)32)23-11-6-12-24-22(23)15-16-28(24)21-9-2-1-3-10-21;1-19-16(18)14-8-5-9-15-13(14)10-11-17(15)12-6-3-2-4-7-12;16-11-12-5-4-8-15-14(12)9-10-17(15)13-6-2-1-3-7-13;17-11-12-5-4-8-15-14(12)9-10-16(15)13-6-2-1-3-7-13;1-13-10(12)8-3-2-4-9-7(8)5-6-11-9/h1-17,25H,(H,27,29)(H2,30,31,32);2-11H,1H3;1-10H,11H2;1-10,17H,11H2;2-6,11H,1H3. The van der Waals surface area contributed by atoms with E-state index in [0.29, 0.717) is 28.1 Å². The first-order valence-corrected chi connectivity index (χ1v) is 33.9. The lowest BCUT2D eigenvalue weighted by Gasteiger charge is -2.20. The number of aromatic amines is 1. The number of fused-ring (bicyclic) bond motifs is 6. The van der Waals surface area contributed by atoms with E-state index in [1.165, 1.54) is 36.4 Å².